The molecule has 1 saturated heterocycles. The molecule has 0 N–H and O–H groups in total. The molecule has 3 heterocycles. The summed E-state index contributed by atoms with van der Waals surface area (Å²) < 4.78 is 68.6. The Kier molecular flexibility index (Phi) is 7.12. The van der Waals surface area contributed by atoms with E-state index in [2.05, 4.69) is 16.2 Å². The number of nitriles is 1. The number of hydrogen-bond acceptors (Lipinski definition) is 7. The molecule has 6 rings (SSSR count). The van der Waals surface area contributed by atoms with Gasteiger partial charge in [-0.15, -0.1) is 0 Å². The van der Waals surface area contributed by atoms with E-state index < -0.39 is 51.7 Å². The van der Waals surface area contributed by atoms with Crippen molar-refractivity contribution in [2.45, 2.75) is 50.4 Å². The van der Waals surface area contributed by atoms with Crippen molar-refractivity contribution in [1.29, 1.82) is 5.26 Å². The van der Waals surface area contributed by atoms with Crippen LogP contribution in [0.2, 0.25) is 0 Å². The summed E-state index contributed by atoms with van der Waals surface area (Å²) in [5, 5.41) is 14.2. The SMILES string of the molecule is N#CC1(CC(=O)[C@@H]2CCC(F)(F)C[C@H]2c2nn(-c3ccc(F)cn3)cc2-c2ccc(N3CCS(=O)(=O)CC3)cc2)CC1. The van der Waals surface area contributed by atoms with E-state index in [4.69, 9.17) is 0 Å². The van der Waals surface area contributed by atoms with Crippen LogP contribution in [0.15, 0.2) is 48.8 Å². The summed E-state index contributed by atoms with van der Waals surface area (Å²) in [5.41, 5.74) is 1.72. The Hall–Kier alpha value is -3.72. The lowest BCUT2D eigenvalue weighted by Crippen LogP contribution is -2.40. The molecular weight excluding hydrogens is 567 g/mol. The van der Waals surface area contributed by atoms with Crippen molar-refractivity contribution in [2.75, 3.05) is 29.5 Å². The zero-order valence-corrected chi connectivity index (χ0v) is 23.7. The number of sulfone groups is 1. The number of carbonyl (C=O) groups excluding carboxylic acids is 1. The Bertz CT molecular complexity index is 1630. The average molecular weight is 598 g/mol. The first-order valence-corrected chi connectivity index (χ1v) is 15.9. The van der Waals surface area contributed by atoms with E-state index in [1.165, 1.54) is 16.8 Å². The molecule has 0 bridgehead atoms. The first-order valence-electron chi connectivity index (χ1n) is 14.1. The Labute approximate surface area is 242 Å². The maximum atomic E-state index is 14.9. The molecule has 8 nitrogen and oxygen atoms in total. The molecule has 2 aromatic heterocycles. The Morgan fingerprint density at radius 1 is 1.07 bits per heavy atom. The smallest absolute Gasteiger partial charge is 0.248 e. The Morgan fingerprint density at radius 3 is 2.40 bits per heavy atom. The quantitative estimate of drug-likeness (QED) is 0.373. The van der Waals surface area contributed by atoms with Crippen molar-refractivity contribution < 1.29 is 26.4 Å². The molecule has 220 valence electrons. The minimum atomic E-state index is -3.04. The maximum absolute atomic E-state index is 14.9. The molecule has 42 heavy (non-hydrogen) atoms. The lowest BCUT2D eigenvalue weighted by molar-refractivity contribution is -0.129. The number of ketones is 1. The minimum Gasteiger partial charge on any atom is -0.369 e. The van der Waals surface area contributed by atoms with Gasteiger partial charge in [0, 0.05) is 61.6 Å². The molecule has 0 amide bonds. The van der Waals surface area contributed by atoms with Gasteiger partial charge in [0.25, 0.3) is 0 Å². The van der Waals surface area contributed by atoms with Crippen LogP contribution in [0.25, 0.3) is 16.9 Å². The number of carbonyl (C=O) groups is 1. The molecule has 0 spiro atoms. The summed E-state index contributed by atoms with van der Waals surface area (Å²) in [4.78, 5) is 19.6. The van der Waals surface area contributed by atoms with Crippen LogP contribution in [-0.2, 0) is 14.6 Å². The lowest BCUT2D eigenvalue weighted by Gasteiger charge is -2.35. The second-order valence-corrected chi connectivity index (χ2v) is 14.0. The predicted molar refractivity (Wildman–Crippen MR) is 150 cm³/mol. The van der Waals surface area contributed by atoms with Crippen LogP contribution in [0.1, 0.15) is 50.1 Å². The maximum Gasteiger partial charge on any atom is 0.248 e. The van der Waals surface area contributed by atoms with Crippen LogP contribution in [0.3, 0.4) is 0 Å². The summed E-state index contributed by atoms with van der Waals surface area (Å²) in [5.74, 6) is -4.86. The molecule has 0 radical (unpaired) electrons. The van der Waals surface area contributed by atoms with E-state index in [1.54, 1.807) is 6.20 Å². The number of benzene rings is 1. The number of aromatic nitrogens is 3. The van der Waals surface area contributed by atoms with Crippen molar-refractivity contribution in [3.63, 3.8) is 0 Å². The van der Waals surface area contributed by atoms with Crippen LogP contribution in [0.5, 0.6) is 0 Å². The number of alkyl halides is 2. The number of Topliss-reactive ketones (excluding diaryl/α,β-unsaturated/α-hetero) is 1. The van der Waals surface area contributed by atoms with E-state index in [0.29, 0.717) is 48.6 Å². The van der Waals surface area contributed by atoms with E-state index in [-0.39, 0.29) is 30.1 Å². The second kappa shape index (κ2) is 10.5. The van der Waals surface area contributed by atoms with Crippen molar-refractivity contribution in [3.8, 4) is 23.0 Å². The van der Waals surface area contributed by atoms with Gasteiger partial charge >= 0.3 is 0 Å². The van der Waals surface area contributed by atoms with Crippen LogP contribution < -0.4 is 4.90 Å². The van der Waals surface area contributed by atoms with Crippen LogP contribution in [-0.4, -0.2) is 59.5 Å². The highest BCUT2D eigenvalue weighted by molar-refractivity contribution is 7.91. The summed E-state index contributed by atoms with van der Waals surface area (Å²) >= 11 is 0. The van der Waals surface area contributed by atoms with E-state index in [9.17, 15) is 31.6 Å². The minimum absolute atomic E-state index is 0.00406. The fraction of sp³-hybridized carbons (Fsp3) is 0.467. The van der Waals surface area contributed by atoms with E-state index >= 15 is 0 Å². The standard InChI is InChI=1S/C30H30F3N5O3S/c31-21-3-6-27(35-17-21)38-18-25(20-1-4-22(5-2-20)37-11-13-42(40,41)14-12-37)28(36-38)24-15-30(32,33)8-7-23(24)26(39)16-29(19-34)9-10-29/h1-6,17-18,23-24H,7-16H2/t23-,24-/m1/s1. The molecule has 3 aliphatic rings. The monoisotopic (exact) mass is 597 g/mol. The van der Waals surface area contributed by atoms with E-state index in [1.807, 2.05) is 29.2 Å². The highest BCUT2D eigenvalue weighted by Crippen LogP contribution is 2.52. The van der Waals surface area contributed by atoms with Gasteiger partial charge in [-0.2, -0.15) is 10.4 Å². The average Bonchev–Trinajstić information content (AvgIpc) is 3.59. The first-order chi connectivity index (χ1) is 20.0. The van der Waals surface area contributed by atoms with Crippen molar-refractivity contribution in [3.05, 3.63) is 60.3 Å². The third-order valence-electron chi connectivity index (χ3n) is 8.77. The van der Waals surface area contributed by atoms with Gasteiger partial charge in [-0.05, 0) is 49.1 Å². The molecule has 3 aromatic rings. The second-order valence-electron chi connectivity index (χ2n) is 11.7. The van der Waals surface area contributed by atoms with Gasteiger partial charge in [0.05, 0.1) is 34.9 Å². The highest BCUT2D eigenvalue weighted by atomic mass is 32.2. The molecule has 3 fully saturated rings. The summed E-state index contributed by atoms with van der Waals surface area (Å²) in [6.07, 6.45) is 3.05. The normalized spacial score (nSPS) is 24.1. The van der Waals surface area contributed by atoms with Gasteiger partial charge in [-0.1, -0.05) is 12.1 Å². The van der Waals surface area contributed by atoms with Crippen molar-refractivity contribution in [2.24, 2.45) is 11.3 Å². The fourth-order valence-electron chi connectivity index (χ4n) is 6.08. The summed E-state index contributed by atoms with van der Waals surface area (Å²) in [6, 6.07) is 12.3. The fourth-order valence-corrected chi connectivity index (χ4v) is 7.28. The highest BCUT2D eigenvalue weighted by Gasteiger charge is 2.50. The molecule has 1 aliphatic heterocycles. The van der Waals surface area contributed by atoms with Gasteiger partial charge in [-0.25, -0.2) is 31.3 Å². The van der Waals surface area contributed by atoms with Gasteiger partial charge in [0.15, 0.2) is 15.7 Å². The third-order valence-corrected chi connectivity index (χ3v) is 10.4. The van der Waals surface area contributed by atoms with Crippen LogP contribution >= 0.6 is 0 Å². The Balaban J connectivity index is 1.38. The summed E-state index contributed by atoms with van der Waals surface area (Å²) in [7, 11) is -3.04. The van der Waals surface area contributed by atoms with Crippen molar-refractivity contribution in [1.82, 2.24) is 14.8 Å². The van der Waals surface area contributed by atoms with E-state index in [0.717, 1.165) is 11.9 Å². The van der Waals surface area contributed by atoms with Gasteiger partial charge in [-0.3, -0.25) is 4.79 Å². The van der Waals surface area contributed by atoms with Crippen LogP contribution in [0.4, 0.5) is 18.9 Å². The molecular formula is C30H30F3N5O3S. The number of pyridine rings is 1. The number of hydrogen-bond donors (Lipinski definition) is 0. The molecule has 2 aliphatic carbocycles. The molecule has 0 unspecified atom stereocenters. The molecule has 1 aromatic carbocycles. The Morgan fingerprint density at radius 2 is 1.79 bits per heavy atom. The van der Waals surface area contributed by atoms with Crippen molar-refractivity contribution >= 4 is 21.3 Å². The predicted octanol–water partition coefficient (Wildman–Crippen LogP) is 5.09. The lowest BCUT2D eigenvalue weighted by atomic mass is 9.71. The third kappa shape index (κ3) is 5.79. The van der Waals surface area contributed by atoms with Gasteiger partial charge < -0.3 is 4.90 Å². The first kappa shape index (κ1) is 28.4. The topological polar surface area (TPSA) is 109 Å². The zero-order chi connectivity index (χ0) is 29.7. The molecule has 2 saturated carbocycles. The zero-order valence-electron chi connectivity index (χ0n) is 22.8. The van der Waals surface area contributed by atoms with Gasteiger partial charge in [0.1, 0.15) is 11.6 Å². The summed E-state index contributed by atoms with van der Waals surface area (Å²) in [6.45, 7) is 0.762. The molecule has 12 heteroatoms. The number of anilines is 1. The number of nitrogens with zero attached hydrogens (tertiary/aromatic N) is 5. The largest absolute Gasteiger partial charge is 0.369 e. The van der Waals surface area contributed by atoms with Crippen LogP contribution in [0, 0.1) is 28.5 Å². The number of rotatable bonds is 7. The molecule has 2 atom stereocenters. The number of halogens is 3. The van der Waals surface area contributed by atoms with Gasteiger partial charge in [0.2, 0.25) is 5.92 Å².